The van der Waals surface area contributed by atoms with E-state index in [0.29, 0.717) is 6.42 Å². The van der Waals surface area contributed by atoms with Gasteiger partial charge in [0, 0.05) is 11.3 Å². The zero-order chi connectivity index (χ0) is 18.8. The SMILES string of the molecule is CCCCCC=CCC=CCC=CCCCCCC(C(=O)O)[N+](=O)[O-]. The fraction of sp³-hybridized carbons (Fsp3) is 0.650. The Morgan fingerprint density at radius 3 is 1.92 bits per heavy atom. The normalized spacial score (nSPS) is 13.2. The fourth-order valence-electron chi connectivity index (χ4n) is 2.39. The summed E-state index contributed by atoms with van der Waals surface area (Å²) in [4.78, 5) is 20.5. The number of unbranched alkanes of at least 4 members (excludes halogenated alkanes) is 6. The van der Waals surface area contributed by atoms with Gasteiger partial charge in [-0.05, 0) is 44.9 Å². The highest BCUT2D eigenvalue weighted by atomic mass is 16.6. The molecule has 1 unspecified atom stereocenters. The van der Waals surface area contributed by atoms with Crippen LogP contribution in [0.15, 0.2) is 36.5 Å². The predicted octanol–water partition coefficient (Wildman–Crippen LogP) is 5.70. The van der Waals surface area contributed by atoms with Gasteiger partial charge in [-0.25, -0.2) is 4.79 Å². The average molecular weight is 351 g/mol. The minimum atomic E-state index is -1.46. The maximum absolute atomic E-state index is 10.7. The molecule has 0 spiro atoms. The molecule has 0 amide bonds. The number of carbonyl (C=O) groups is 1. The van der Waals surface area contributed by atoms with Crippen molar-refractivity contribution in [3.8, 4) is 0 Å². The summed E-state index contributed by atoms with van der Waals surface area (Å²) in [6, 6.07) is -1.46. The summed E-state index contributed by atoms with van der Waals surface area (Å²) in [5, 5.41) is 19.2. The van der Waals surface area contributed by atoms with Gasteiger partial charge in [-0.15, -0.1) is 0 Å². The molecule has 0 saturated carbocycles. The number of hydrogen-bond donors (Lipinski definition) is 1. The number of nitro groups is 1. The third-order valence-electron chi connectivity index (χ3n) is 3.91. The third kappa shape index (κ3) is 15.4. The highest BCUT2D eigenvalue weighted by molar-refractivity contribution is 5.71. The molecule has 0 aromatic rings. The van der Waals surface area contributed by atoms with Gasteiger partial charge in [0.2, 0.25) is 0 Å². The number of allylic oxidation sites excluding steroid dienone is 6. The molecule has 1 N–H and O–H groups in total. The van der Waals surface area contributed by atoms with Crippen LogP contribution >= 0.6 is 0 Å². The molecular formula is C20H33NO4. The van der Waals surface area contributed by atoms with Crippen molar-refractivity contribution in [1.82, 2.24) is 0 Å². The number of aliphatic carboxylic acids is 1. The molecule has 0 rings (SSSR count). The van der Waals surface area contributed by atoms with E-state index in [0.717, 1.165) is 32.1 Å². The second kappa shape index (κ2) is 16.9. The van der Waals surface area contributed by atoms with Gasteiger partial charge < -0.3 is 5.11 Å². The largest absolute Gasteiger partial charge is 0.476 e. The second-order valence-electron chi connectivity index (χ2n) is 6.16. The Morgan fingerprint density at radius 2 is 1.44 bits per heavy atom. The minimum Gasteiger partial charge on any atom is -0.476 e. The number of carboxylic acid groups (broad SMARTS) is 1. The van der Waals surface area contributed by atoms with Crippen molar-refractivity contribution in [1.29, 1.82) is 0 Å². The number of carboxylic acids is 1. The predicted molar refractivity (Wildman–Crippen MR) is 102 cm³/mol. The summed E-state index contributed by atoms with van der Waals surface area (Å²) < 4.78 is 0. The molecule has 0 bridgehead atoms. The Balaban J connectivity index is 3.53. The smallest absolute Gasteiger partial charge is 0.379 e. The van der Waals surface area contributed by atoms with Crippen molar-refractivity contribution in [2.24, 2.45) is 0 Å². The zero-order valence-corrected chi connectivity index (χ0v) is 15.4. The Kier molecular flexibility index (Phi) is 15.6. The molecule has 25 heavy (non-hydrogen) atoms. The first-order chi connectivity index (χ1) is 12.1. The summed E-state index contributed by atoms with van der Waals surface area (Å²) in [6.07, 6.45) is 23.4. The topological polar surface area (TPSA) is 80.4 Å². The van der Waals surface area contributed by atoms with E-state index in [1.807, 2.05) is 0 Å². The molecule has 0 aliphatic heterocycles. The van der Waals surface area contributed by atoms with E-state index in [4.69, 9.17) is 5.11 Å². The third-order valence-corrected chi connectivity index (χ3v) is 3.91. The van der Waals surface area contributed by atoms with E-state index in [9.17, 15) is 14.9 Å². The van der Waals surface area contributed by atoms with E-state index in [1.54, 1.807) is 0 Å². The number of nitrogens with zero attached hydrogens (tertiary/aromatic N) is 1. The minimum absolute atomic E-state index is 0.112. The zero-order valence-electron chi connectivity index (χ0n) is 15.4. The van der Waals surface area contributed by atoms with E-state index in [-0.39, 0.29) is 6.42 Å². The summed E-state index contributed by atoms with van der Waals surface area (Å²) in [6.45, 7) is 2.21. The van der Waals surface area contributed by atoms with Crippen molar-refractivity contribution in [2.45, 2.75) is 83.6 Å². The highest BCUT2D eigenvalue weighted by Gasteiger charge is 2.27. The lowest BCUT2D eigenvalue weighted by molar-refractivity contribution is -0.511. The molecule has 5 heteroatoms. The maximum Gasteiger partial charge on any atom is 0.379 e. The van der Waals surface area contributed by atoms with Crippen LogP contribution in [-0.2, 0) is 4.79 Å². The lowest BCUT2D eigenvalue weighted by atomic mass is 10.1. The summed E-state index contributed by atoms with van der Waals surface area (Å²) in [7, 11) is 0. The van der Waals surface area contributed by atoms with Gasteiger partial charge in [-0.1, -0.05) is 62.6 Å². The van der Waals surface area contributed by atoms with Crippen LogP contribution in [-0.4, -0.2) is 22.0 Å². The first-order valence-electron chi connectivity index (χ1n) is 9.40. The van der Waals surface area contributed by atoms with Crippen LogP contribution < -0.4 is 0 Å². The molecule has 0 saturated heterocycles. The van der Waals surface area contributed by atoms with Crippen molar-refractivity contribution < 1.29 is 14.8 Å². The van der Waals surface area contributed by atoms with Crippen LogP contribution in [0, 0.1) is 10.1 Å². The lowest BCUT2D eigenvalue weighted by Gasteiger charge is -2.03. The standard InChI is InChI=1S/C20H33NO4/c1-2-3-4-5-6-7-8-9-10-11-12-13-14-15-16-17-18-19(20(22)23)21(24)25/h6-7,9-10,12-13,19H,2-5,8,11,14-18H2,1H3,(H,22,23). The first kappa shape index (κ1) is 23.1. The van der Waals surface area contributed by atoms with E-state index in [2.05, 4.69) is 43.4 Å². The molecule has 0 aromatic heterocycles. The van der Waals surface area contributed by atoms with Gasteiger partial charge in [0.1, 0.15) is 0 Å². The molecule has 0 aliphatic rings. The van der Waals surface area contributed by atoms with E-state index in [1.165, 1.54) is 25.7 Å². The summed E-state index contributed by atoms with van der Waals surface area (Å²) >= 11 is 0. The Hall–Kier alpha value is -1.91. The van der Waals surface area contributed by atoms with Gasteiger partial charge in [0.05, 0.1) is 0 Å². The number of hydrogen-bond acceptors (Lipinski definition) is 3. The van der Waals surface area contributed by atoms with Crippen LogP contribution in [0.4, 0.5) is 0 Å². The van der Waals surface area contributed by atoms with Crippen molar-refractivity contribution in [2.75, 3.05) is 0 Å². The maximum atomic E-state index is 10.7. The molecule has 1 atom stereocenters. The molecule has 5 nitrogen and oxygen atoms in total. The molecule has 0 aromatic carbocycles. The van der Waals surface area contributed by atoms with Crippen molar-refractivity contribution in [3.05, 3.63) is 46.6 Å². The van der Waals surface area contributed by atoms with Crippen LogP contribution in [0.5, 0.6) is 0 Å². The Bertz CT molecular complexity index is 427. The van der Waals surface area contributed by atoms with Crippen molar-refractivity contribution in [3.63, 3.8) is 0 Å². The van der Waals surface area contributed by atoms with E-state index >= 15 is 0 Å². The van der Waals surface area contributed by atoms with Crippen LogP contribution in [0.25, 0.3) is 0 Å². The molecule has 0 fully saturated rings. The summed E-state index contributed by atoms with van der Waals surface area (Å²) in [5.41, 5.74) is 0. The quantitative estimate of drug-likeness (QED) is 0.167. The highest BCUT2D eigenvalue weighted by Crippen LogP contribution is 2.09. The van der Waals surface area contributed by atoms with Gasteiger partial charge >= 0.3 is 12.0 Å². The van der Waals surface area contributed by atoms with Gasteiger partial charge in [0.25, 0.3) is 0 Å². The van der Waals surface area contributed by atoms with E-state index < -0.39 is 16.9 Å². The molecule has 0 heterocycles. The Morgan fingerprint density at radius 1 is 0.920 bits per heavy atom. The number of rotatable bonds is 16. The van der Waals surface area contributed by atoms with Crippen molar-refractivity contribution >= 4 is 5.97 Å². The average Bonchev–Trinajstić information content (AvgIpc) is 2.57. The van der Waals surface area contributed by atoms with Gasteiger partial charge in [-0.3, -0.25) is 10.1 Å². The van der Waals surface area contributed by atoms with Gasteiger partial charge in [0.15, 0.2) is 0 Å². The van der Waals surface area contributed by atoms with Crippen LogP contribution in [0.2, 0.25) is 0 Å². The fourth-order valence-corrected chi connectivity index (χ4v) is 2.39. The second-order valence-corrected chi connectivity index (χ2v) is 6.16. The molecule has 0 radical (unpaired) electrons. The Labute approximate surface area is 151 Å². The van der Waals surface area contributed by atoms with Crippen LogP contribution in [0.1, 0.15) is 77.6 Å². The van der Waals surface area contributed by atoms with Gasteiger partial charge in [-0.2, -0.15) is 0 Å². The first-order valence-corrected chi connectivity index (χ1v) is 9.40. The monoisotopic (exact) mass is 351 g/mol. The molecule has 142 valence electrons. The molecular weight excluding hydrogens is 318 g/mol. The lowest BCUT2D eigenvalue weighted by Crippen LogP contribution is -2.28. The molecule has 0 aliphatic carbocycles. The summed E-state index contributed by atoms with van der Waals surface area (Å²) in [5.74, 6) is -1.34. The van der Waals surface area contributed by atoms with Crippen LogP contribution in [0.3, 0.4) is 0 Å².